The molecule has 0 aliphatic heterocycles. The number of halogens is 1. The molecule has 0 unspecified atom stereocenters. The summed E-state index contributed by atoms with van der Waals surface area (Å²) in [5.74, 6) is 1.70. The van der Waals surface area contributed by atoms with Crippen LogP contribution in [0.4, 0.5) is 0 Å². The molecule has 1 aliphatic rings. The van der Waals surface area contributed by atoms with Gasteiger partial charge >= 0.3 is 0 Å². The van der Waals surface area contributed by atoms with E-state index >= 15 is 0 Å². The van der Waals surface area contributed by atoms with Gasteiger partial charge in [0.05, 0.1) is 0 Å². The van der Waals surface area contributed by atoms with Crippen LogP contribution in [0.25, 0.3) is 11.4 Å². The molecule has 82 valence electrons. The maximum Gasteiger partial charge on any atom is 0.138 e. The van der Waals surface area contributed by atoms with E-state index in [4.69, 9.17) is 0 Å². The van der Waals surface area contributed by atoms with E-state index in [2.05, 4.69) is 51.0 Å². The Morgan fingerprint density at radius 2 is 2.19 bits per heavy atom. The molecule has 1 aromatic heterocycles. The average molecular weight is 277 g/mol. The molecule has 3 heteroatoms. The first kappa shape index (κ1) is 10.1. The molecular formula is C13H13BrN2. The summed E-state index contributed by atoms with van der Waals surface area (Å²) in [5, 5.41) is 0. The normalized spacial score (nSPS) is 15.4. The van der Waals surface area contributed by atoms with Gasteiger partial charge in [-0.05, 0) is 31.9 Å². The van der Waals surface area contributed by atoms with E-state index in [0.717, 1.165) is 21.8 Å². The molecule has 3 rings (SSSR count). The number of benzene rings is 1. The number of aromatic nitrogens is 2. The molecule has 1 heterocycles. The SMILES string of the molecule is Cc1ccc(Br)c(-c2ncc(C3CC3)[nH]2)c1. The van der Waals surface area contributed by atoms with Crippen molar-refractivity contribution in [3.05, 3.63) is 40.1 Å². The van der Waals surface area contributed by atoms with Gasteiger partial charge < -0.3 is 4.98 Å². The lowest BCUT2D eigenvalue weighted by molar-refractivity contribution is 1.05. The van der Waals surface area contributed by atoms with Crippen LogP contribution in [0.1, 0.15) is 30.0 Å². The van der Waals surface area contributed by atoms with Gasteiger partial charge in [-0.2, -0.15) is 0 Å². The number of nitrogens with zero attached hydrogens (tertiary/aromatic N) is 1. The van der Waals surface area contributed by atoms with Crippen LogP contribution in [-0.4, -0.2) is 9.97 Å². The van der Waals surface area contributed by atoms with Crippen molar-refractivity contribution in [1.82, 2.24) is 9.97 Å². The first-order chi connectivity index (χ1) is 7.74. The highest BCUT2D eigenvalue weighted by atomic mass is 79.9. The Hall–Kier alpha value is -1.09. The largest absolute Gasteiger partial charge is 0.342 e. The summed E-state index contributed by atoms with van der Waals surface area (Å²) < 4.78 is 1.09. The number of H-pyrrole nitrogens is 1. The zero-order valence-corrected chi connectivity index (χ0v) is 10.7. The minimum Gasteiger partial charge on any atom is -0.342 e. The van der Waals surface area contributed by atoms with Gasteiger partial charge in [-0.15, -0.1) is 0 Å². The predicted octanol–water partition coefficient (Wildman–Crippen LogP) is 4.03. The lowest BCUT2D eigenvalue weighted by atomic mass is 10.1. The lowest BCUT2D eigenvalue weighted by Gasteiger charge is -2.02. The Morgan fingerprint density at radius 1 is 1.38 bits per heavy atom. The van der Waals surface area contributed by atoms with E-state index in [9.17, 15) is 0 Å². The van der Waals surface area contributed by atoms with E-state index in [-0.39, 0.29) is 0 Å². The number of aromatic amines is 1. The number of aryl methyl sites for hydroxylation is 1. The van der Waals surface area contributed by atoms with Crippen LogP contribution in [0, 0.1) is 6.92 Å². The Balaban J connectivity index is 2.03. The Labute approximate surface area is 103 Å². The van der Waals surface area contributed by atoms with Crippen molar-refractivity contribution in [2.75, 3.05) is 0 Å². The van der Waals surface area contributed by atoms with E-state index in [0.29, 0.717) is 0 Å². The first-order valence-electron chi connectivity index (χ1n) is 5.55. The number of hydrogen-bond donors (Lipinski definition) is 1. The minimum atomic E-state index is 0.727. The molecule has 0 spiro atoms. The van der Waals surface area contributed by atoms with Crippen LogP contribution < -0.4 is 0 Å². The zero-order valence-electron chi connectivity index (χ0n) is 9.13. The molecule has 1 aromatic carbocycles. The van der Waals surface area contributed by atoms with Crippen LogP contribution in [0.5, 0.6) is 0 Å². The van der Waals surface area contributed by atoms with E-state index in [1.807, 2.05) is 6.20 Å². The molecule has 0 radical (unpaired) electrons. The quantitative estimate of drug-likeness (QED) is 0.882. The molecule has 1 saturated carbocycles. The standard InChI is InChI=1S/C13H13BrN2/c1-8-2-5-11(14)10(6-8)13-15-7-12(16-13)9-3-4-9/h2,5-7,9H,3-4H2,1H3,(H,15,16). The zero-order chi connectivity index (χ0) is 11.1. The van der Waals surface area contributed by atoms with Crippen LogP contribution in [0.3, 0.4) is 0 Å². The van der Waals surface area contributed by atoms with E-state index in [1.165, 1.54) is 24.1 Å². The summed E-state index contributed by atoms with van der Waals surface area (Å²) in [5.41, 5.74) is 3.68. The molecule has 0 amide bonds. The second-order valence-corrected chi connectivity index (χ2v) is 5.30. The molecule has 0 saturated heterocycles. The molecule has 1 fully saturated rings. The fraction of sp³-hybridized carbons (Fsp3) is 0.308. The summed E-state index contributed by atoms with van der Waals surface area (Å²) >= 11 is 3.57. The highest BCUT2D eigenvalue weighted by Crippen LogP contribution is 2.40. The average Bonchev–Trinajstić information content (AvgIpc) is 3.01. The van der Waals surface area contributed by atoms with Crippen molar-refractivity contribution in [3.63, 3.8) is 0 Å². The van der Waals surface area contributed by atoms with Crippen molar-refractivity contribution in [2.24, 2.45) is 0 Å². The maximum atomic E-state index is 4.46. The highest BCUT2D eigenvalue weighted by molar-refractivity contribution is 9.10. The Morgan fingerprint density at radius 3 is 2.94 bits per heavy atom. The molecule has 1 N–H and O–H groups in total. The number of hydrogen-bond acceptors (Lipinski definition) is 1. The van der Waals surface area contributed by atoms with Crippen LogP contribution >= 0.6 is 15.9 Å². The van der Waals surface area contributed by atoms with Gasteiger partial charge in [0.25, 0.3) is 0 Å². The topological polar surface area (TPSA) is 28.7 Å². The summed E-state index contributed by atoms with van der Waals surface area (Å²) in [4.78, 5) is 7.88. The minimum absolute atomic E-state index is 0.727. The first-order valence-corrected chi connectivity index (χ1v) is 6.35. The van der Waals surface area contributed by atoms with Gasteiger partial charge in [-0.25, -0.2) is 4.98 Å². The van der Waals surface area contributed by atoms with Gasteiger partial charge in [0.2, 0.25) is 0 Å². The number of rotatable bonds is 2. The van der Waals surface area contributed by atoms with E-state index < -0.39 is 0 Å². The van der Waals surface area contributed by atoms with Crippen molar-refractivity contribution < 1.29 is 0 Å². The summed E-state index contributed by atoms with van der Waals surface area (Å²) in [7, 11) is 0. The Kier molecular flexibility index (Phi) is 2.36. The second kappa shape index (κ2) is 3.74. The number of nitrogens with one attached hydrogen (secondary N) is 1. The summed E-state index contributed by atoms with van der Waals surface area (Å²) in [6, 6.07) is 6.32. The fourth-order valence-electron chi connectivity index (χ4n) is 1.89. The third kappa shape index (κ3) is 1.80. The van der Waals surface area contributed by atoms with Crippen molar-refractivity contribution in [2.45, 2.75) is 25.7 Å². The van der Waals surface area contributed by atoms with Gasteiger partial charge in [-0.3, -0.25) is 0 Å². The third-order valence-electron chi connectivity index (χ3n) is 2.99. The third-order valence-corrected chi connectivity index (χ3v) is 3.68. The van der Waals surface area contributed by atoms with Gasteiger partial charge in [0.15, 0.2) is 0 Å². The van der Waals surface area contributed by atoms with Crippen molar-refractivity contribution in [1.29, 1.82) is 0 Å². The lowest BCUT2D eigenvalue weighted by Crippen LogP contribution is -1.85. The molecule has 2 aromatic rings. The van der Waals surface area contributed by atoms with Crippen LogP contribution in [0.2, 0.25) is 0 Å². The molecule has 2 nitrogen and oxygen atoms in total. The van der Waals surface area contributed by atoms with Gasteiger partial charge in [0, 0.05) is 27.8 Å². The maximum absolute atomic E-state index is 4.46. The van der Waals surface area contributed by atoms with Crippen molar-refractivity contribution >= 4 is 15.9 Å². The van der Waals surface area contributed by atoms with Crippen LogP contribution in [0.15, 0.2) is 28.9 Å². The molecule has 1 aliphatic carbocycles. The fourth-order valence-corrected chi connectivity index (χ4v) is 2.33. The second-order valence-electron chi connectivity index (χ2n) is 4.44. The Bertz CT molecular complexity index is 526. The summed E-state index contributed by atoms with van der Waals surface area (Å²) in [6.07, 6.45) is 4.58. The molecule has 0 atom stereocenters. The highest BCUT2D eigenvalue weighted by Gasteiger charge is 2.25. The number of imidazole rings is 1. The smallest absolute Gasteiger partial charge is 0.138 e. The molecule has 0 bridgehead atoms. The molecular weight excluding hydrogens is 264 g/mol. The molecule has 16 heavy (non-hydrogen) atoms. The van der Waals surface area contributed by atoms with Crippen molar-refractivity contribution in [3.8, 4) is 11.4 Å². The van der Waals surface area contributed by atoms with Gasteiger partial charge in [-0.1, -0.05) is 27.6 Å². The van der Waals surface area contributed by atoms with E-state index in [1.54, 1.807) is 0 Å². The summed E-state index contributed by atoms with van der Waals surface area (Å²) in [6.45, 7) is 2.10. The predicted molar refractivity (Wildman–Crippen MR) is 68.4 cm³/mol. The monoisotopic (exact) mass is 276 g/mol. The van der Waals surface area contributed by atoms with Gasteiger partial charge in [0.1, 0.15) is 5.82 Å². The van der Waals surface area contributed by atoms with Crippen LogP contribution in [-0.2, 0) is 0 Å².